The molecule has 0 aliphatic carbocycles. The Morgan fingerprint density at radius 2 is 2.04 bits per heavy atom. The molecular formula is C17H14FN5O2. The fraction of sp³-hybridized carbons (Fsp3) is 0.176. The van der Waals surface area contributed by atoms with Crippen LogP contribution in [0.15, 0.2) is 51.9 Å². The van der Waals surface area contributed by atoms with Crippen LogP contribution in [0.5, 0.6) is 0 Å². The summed E-state index contributed by atoms with van der Waals surface area (Å²) in [6.07, 6.45) is 1.61. The first-order valence-corrected chi connectivity index (χ1v) is 7.80. The van der Waals surface area contributed by atoms with E-state index in [1.165, 1.54) is 10.6 Å². The van der Waals surface area contributed by atoms with Crippen molar-refractivity contribution in [1.29, 1.82) is 0 Å². The molecule has 3 aromatic heterocycles. The monoisotopic (exact) mass is 339 g/mol. The highest BCUT2D eigenvalue weighted by Crippen LogP contribution is 2.21. The van der Waals surface area contributed by atoms with E-state index < -0.39 is 11.6 Å². The minimum Gasteiger partial charge on any atom is -0.327 e. The zero-order valence-electron chi connectivity index (χ0n) is 13.4. The zero-order valence-corrected chi connectivity index (χ0v) is 13.4. The number of benzene rings is 1. The lowest BCUT2D eigenvalue weighted by atomic mass is 10.3. The van der Waals surface area contributed by atoms with Gasteiger partial charge in [0.1, 0.15) is 17.0 Å². The predicted octanol–water partition coefficient (Wildman–Crippen LogP) is 2.46. The minimum atomic E-state index is -0.615. The number of rotatable bonds is 4. The van der Waals surface area contributed by atoms with Gasteiger partial charge in [0.05, 0.1) is 12.1 Å². The molecule has 0 unspecified atom stereocenters. The number of aryl methyl sites for hydroxylation is 1. The van der Waals surface area contributed by atoms with Crippen LogP contribution in [0.25, 0.3) is 22.6 Å². The molecule has 0 fully saturated rings. The summed E-state index contributed by atoms with van der Waals surface area (Å²) in [7, 11) is 0. The number of nitrogens with zero attached hydrogens (tertiary/aromatic N) is 5. The van der Waals surface area contributed by atoms with Crippen molar-refractivity contribution in [2.45, 2.75) is 20.0 Å². The molecule has 8 heteroatoms. The Hall–Kier alpha value is -3.29. The smallest absolute Gasteiger partial charge is 0.327 e. The van der Waals surface area contributed by atoms with Gasteiger partial charge in [0.25, 0.3) is 0 Å². The minimum absolute atomic E-state index is 0.107. The third-order valence-electron chi connectivity index (χ3n) is 4.00. The van der Waals surface area contributed by atoms with Crippen LogP contribution in [0.2, 0.25) is 0 Å². The molecule has 4 aromatic rings. The maximum Gasteiger partial charge on any atom is 0.442 e. The first-order chi connectivity index (χ1) is 12.2. The second-order valence-corrected chi connectivity index (χ2v) is 5.45. The average molecular weight is 339 g/mol. The lowest BCUT2D eigenvalue weighted by molar-refractivity contribution is 0.377. The molecular weight excluding hydrogens is 325 g/mol. The van der Waals surface area contributed by atoms with Gasteiger partial charge in [0.2, 0.25) is 5.82 Å². The van der Waals surface area contributed by atoms with Gasteiger partial charge in [-0.25, -0.2) is 18.7 Å². The molecule has 3 heterocycles. The molecule has 25 heavy (non-hydrogen) atoms. The van der Waals surface area contributed by atoms with E-state index in [9.17, 15) is 9.18 Å². The highest BCUT2D eigenvalue weighted by molar-refractivity contribution is 5.76. The topological polar surface area (TPSA) is 78.7 Å². The van der Waals surface area contributed by atoms with Crippen molar-refractivity contribution in [2.75, 3.05) is 0 Å². The van der Waals surface area contributed by atoms with Crippen molar-refractivity contribution in [3.63, 3.8) is 0 Å². The molecule has 7 nitrogen and oxygen atoms in total. The highest BCUT2D eigenvalue weighted by atomic mass is 19.1. The van der Waals surface area contributed by atoms with Crippen molar-refractivity contribution in [3.8, 4) is 11.5 Å². The molecule has 4 rings (SSSR count). The standard InChI is InChI=1S/C17H14FN5O2/c1-2-22-13-8-5-6-11(18)15(13)20-14(22)10-23-16(21-25-17(23)24)12-7-3-4-9-19-12/h3-9H,2,10H2,1H3. The van der Waals surface area contributed by atoms with Gasteiger partial charge in [-0.3, -0.25) is 9.51 Å². The van der Waals surface area contributed by atoms with E-state index in [0.717, 1.165) is 0 Å². The Bertz CT molecular complexity index is 1100. The average Bonchev–Trinajstić information content (AvgIpc) is 3.17. The van der Waals surface area contributed by atoms with Crippen LogP contribution >= 0.6 is 0 Å². The number of fused-ring (bicyclic) bond motifs is 1. The van der Waals surface area contributed by atoms with Crippen LogP contribution in [-0.4, -0.2) is 24.3 Å². The molecule has 0 aliphatic heterocycles. The third-order valence-corrected chi connectivity index (χ3v) is 4.00. The number of para-hydroxylation sites is 1. The first-order valence-electron chi connectivity index (χ1n) is 7.80. The summed E-state index contributed by atoms with van der Waals surface area (Å²) in [6.45, 7) is 2.63. The van der Waals surface area contributed by atoms with E-state index in [2.05, 4.69) is 15.1 Å². The second kappa shape index (κ2) is 5.97. The molecule has 0 radical (unpaired) electrons. The fourth-order valence-electron chi connectivity index (χ4n) is 2.86. The Morgan fingerprint density at radius 3 is 2.80 bits per heavy atom. The molecule has 0 atom stereocenters. The summed E-state index contributed by atoms with van der Waals surface area (Å²) >= 11 is 0. The zero-order chi connectivity index (χ0) is 17.4. The van der Waals surface area contributed by atoms with Crippen molar-refractivity contribution < 1.29 is 8.91 Å². The third kappa shape index (κ3) is 2.51. The van der Waals surface area contributed by atoms with Gasteiger partial charge in [-0.2, -0.15) is 0 Å². The first kappa shape index (κ1) is 15.3. The van der Waals surface area contributed by atoms with E-state index in [1.807, 2.05) is 11.5 Å². The van der Waals surface area contributed by atoms with Crippen LogP contribution in [0, 0.1) is 5.82 Å². The summed E-state index contributed by atoms with van der Waals surface area (Å²) < 4.78 is 22.0. The molecule has 0 aliphatic rings. The highest BCUT2D eigenvalue weighted by Gasteiger charge is 2.18. The predicted molar refractivity (Wildman–Crippen MR) is 88.5 cm³/mol. The summed E-state index contributed by atoms with van der Waals surface area (Å²) in [6, 6.07) is 10.1. The van der Waals surface area contributed by atoms with Gasteiger partial charge in [0.15, 0.2) is 5.82 Å². The van der Waals surface area contributed by atoms with Crippen molar-refractivity contribution >= 4 is 11.0 Å². The molecule has 0 spiro atoms. The van der Waals surface area contributed by atoms with Crippen LogP contribution in [-0.2, 0) is 13.1 Å². The number of hydrogen-bond donors (Lipinski definition) is 0. The van der Waals surface area contributed by atoms with E-state index in [0.29, 0.717) is 29.4 Å². The van der Waals surface area contributed by atoms with E-state index >= 15 is 0 Å². The maximum absolute atomic E-state index is 14.0. The van der Waals surface area contributed by atoms with Crippen LogP contribution in [0.1, 0.15) is 12.7 Å². The molecule has 126 valence electrons. The molecule has 1 aromatic carbocycles. The van der Waals surface area contributed by atoms with Crippen molar-refractivity contribution in [3.05, 3.63) is 64.8 Å². The largest absolute Gasteiger partial charge is 0.442 e. The van der Waals surface area contributed by atoms with Gasteiger partial charge < -0.3 is 4.57 Å². The van der Waals surface area contributed by atoms with E-state index in [1.54, 1.807) is 36.5 Å². The van der Waals surface area contributed by atoms with E-state index in [4.69, 9.17) is 4.52 Å². The lowest BCUT2D eigenvalue weighted by Gasteiger charge is -2.07. The van der Waals surface area contributed by atoms with Crippen molar-refractivity contribution in [1.82, 2.24) is 24.3 Å². The Balaban J connectivity index is 1.85. The summed E-state index contributed by atoms with van der Waals surface area (Å²) in [5.41, 5.74) is 1.48. The molecule has 0 saturated carbocycles. The molecule has 0 amide bonds. The van der Waals surface area contributed by atoms with Gasteiger partial charge in [-0.05, 0) is 31.2 Å². The fourth-order valence-corrected chi connectivity index (χ4v) is 2.86. The Labute approximate surface area is 141 Å². The van der Waals surface area contributed by atoms with Crippen LogP contribution in [0.4, 0.5) is 4.39 Å². The molecule has 0 bridgehead atoms. The Kier molecular flexibility index (Phi) is 3.64. The number of pyridine rings is 1. The number of aromatic nitrogens is 5. The summed E-state index contributed by atoms with van der Waals surface area (Å²) in [5.74, 6) is -0.157. The van der Waals surface area contributed by atoms with Crippen LogP contribution in [0.3, 0.4) is 0 Å². The van der Waals surface area contributed by atoms with Crippen LogP contribution < -0.4 is 5.76 Å². The Morgan fingerprint density at radius 1 is 1.16 bits per heavy atom. The van der Waals surface area contributed by atoms with Gasteiger partial charge in [-0.15, -0.1) is 0 Å². The summed E-state index contributed by atoms with van der Waals surface area (Å²) in [4.78, 5) is 20.7. The normalized spacial score (nSPS) is 11.3. The maximum atomic E-state index is 14.0. The molecule has 0 N–H and O–H groups in total. The lowest BCUT2D eigenvalue weighted by Crippen LogP contribution is -2.19. The SMILES string of the molecule is CCn1c(Cn2c(-c3ccccn3)noc2=O)nc2c(F)cccc21. The number of imidazole rings is 1. The second-order valence-electron chi connectivity index (χ2n) is 5.45. The van der Waals surface area contributed by atoms with Gasteiger partial charge in [0, 0.05) is 12.7 Å². The number of hydrogen-bond acceptors (Lipinski definition) is 5. The quantitative estimate of drug-likeness (QED) is 0.571. The number of halogens is 1. The van der Waals surface area contributed by atoms with Gasteiger partial charge >= 0.3 is 5.76 Å². The van der Waals surface area contributed by atoms with Gasteiger partial charge in [-0.1, -0.05) is 17.3 Å². The van der Waals surface area contributed by atoms with Crippen molar-refractivity contribution in [2.24, 2.45) is 0 Å². The van der Waals surface area contributed by atoms with E-state index in [-0.39, 0.29) is 12.1 Å². The molecule has 0 saturated heterocycles. The summed E-state index contributed by atoms with van der Waals surface area (Å²) in [5, 5.41) is 3.81.